The van der Waals surface area contributed by atoms with E-state index < -0.39 is 0 Å². The van der Waals surface area contributed by atoms with Gasteiger partial charge in [-0.3, -0.25) is 14.9 Å². The van der Waals surface area contributed by atoms with Gasteiger partial charge in [-0.2, -0.15) is 5.10 Å². The van der Waals surface area contributed by atoms with Crippen LogP contribution in [0.5, 0.6) is 0 Å². The largest absolute Gasteiger partial charge is 0.332 e. The Hall–Kier alpha value is -2.16. The molecule has 1 saturated heterocycles. The number of thiophene rings is 1. The van der Waals surface area contributed by atoms with E-state index in [9.17, 15) is 9.59 Å². The second-order valence-electron chi connectivity index (χ2n) is 8.01. The zero-order valence-electron chi connectivity index (χ0n) is 17.8. The lowest BCUT2D eigenvalue weighted by Gasteiger charge is -2.31. The number of rotatable bonds is 7. The third-order valence-electron chi connectivity index (χ3n) is 5.56. The van der Waals surface area contributed by atoms with E-state index in [0.29, 0.717) is 12.8 Å². The van der Waals surface area contributed by atoms with Crippen LogP contribution in [0.4, 0.5) is 0 Å². The van der Waals surface area contributed by atoms with Crippen molar-refractivity contribution in [3.05, 3.63) is 57.8 Å². The number of nitrogens with zero attached hydrogens (tertiary/aromatic N) is 2. The predicted molar refractivity (Wildman–Crippen MR) is 127 cm³/mol. The van der Waals surface area contributed by atoms with Gasteiger partial charge in [0.15, 0.2) is 0 Å². The molecule has 0 saturated carbocycles. The molecule has 0 radical (unpaired) electrons. The Balaban J connectivity index is 1.46. The zero-order valence-corrected chi connectivity index (χ0v) is 19.5. The van der Waals surface area contributed by atoms with E-state index in [1.54, 1.807) is 16.3 Å². The average Bonchev–Trinajstić information content (AvgIpc) is 3.42. The Morgan fingerprint density at radius 3 is 2.77 bits per heavy atom. The summed E-state index contributed by atoms with van der Waals surface area (Å²) < 4.78 is 0. The number of benzene rings is 1. The van der Waals surface area contributed by atoms with Gasteiger partial charge < -0.3 is 5.32 Å². The zero-order chi connectivity index (χ0) is 21.8. The smallest absolute Gasteiger partial charge is 0.253 e. The van der Waals surface area contributed by atoms with E-state index in [1.807, 2.05) is 17.5 Å². The van der Waals surface area contributed by atoms with Gasteiger partial charge in [0.1, 0.15) is 5.50 Å². The number of carbonyl (C=O) groups is 2. The number of nitrogens with one attached hydrogen (secondary N) is 2. The summed E-state index contributed by atoms with van der Waals surface area (Å²) in [6.07, 6.45) is 3.17. The van der Waals surface area contributed by atoms with E-state index in [2.05, 4.69) is 48.7 Å². The lowest BCUT2D eigenvalue weighted by atomic mass is 10.00. The van der Waals surface area contributed by atoms with Gasteiger partial charge in [0.25, 0.3) is 5.91 Å². The van der Waals surface area contributed by atoms with Crippen LogP contribution in [0.2, 0.25) is 0 Å². The topological polar surface area (TPSA) is 73.8 Å². The Kier molecular flexibility index (Phi) is 7.09. The fraction of sp³-hybridized carbons (Fsp3) is 0.435. The molecule has 0 bridgehead atoms. The predicted octanol–water partition coefficient (Wildman–Crippen LogP) is 4.03. The number of hydrogen-bond donors (Lipinski definition) is 2. The normalized spacial score (nSPS) is 23.5. The SMILES string of the molecule is CCCC1CC(=O)NC(SCC(=O)N2N=C(c3cccs3)CC2c2ccc(C)cc2)N1. The van der Waals surface area contributed by atoms with Crippen LogP contribution < -0.4 is 10.6 Å². The van der Waals surface area contributed by atoms with Gasteiger partial charge in [-0.05, 0) is 30.4 Å². The molecule has 3 unspecified atom stereocenters. The van der Waals surface area contributed by atoms with E-state index in [1.165, 1.54) is 17.3 Å². The summed E-state index contributed by atoms with van der Waals surface area (Å²) >= 11 is 3.07. The van der Waals surface area contributed by atoms with E-state index in [0.717, 1.165) is 29.0 Å². The molecule has 2 N–H and O–H groups in total. The first-order chi connectivity index (χ1) is 15.0. The number of carbonyl (C=O) groups excluding carboxylic acids is 2. The molecule has 2 aliphatic heterocycles. The first-order valence-electron chi connectivity index (χ1n) is 10.7. The first-order valence-corrected chi connectivity index (χ1v) is 12.6. The minimum Gasteiger partial charge on any atom is -0.332 e. The summed E-state index contributed by atoms with van der Waals surface area (Å²) in [6.45, 7) is 4.17. The van der Waals surface area contributed by atoms with Gasteiger partial charge in [-0.15, -0.1) is 23.1 Å². The van der Waals surface area contributed by atoms with Crippen molar-refractivity contribution in [1.82, 2.24) is 15.6 Å². The molecule has 4 rings (SSSR count). The van der Waals surface area contributed by atoms with Crippen molar-refractivity contribution in [2.24, 2.45) is 5.10 Å². The highest BCUT2D eigenvalue weighted by Gasteiger charge is 2.34. The molecule has 3 atom stereocenters. The lowest BCUT2D eigenvalue weighted by Crippen LogP contribution is -2.55. The summed E-state index contributed by atoms with van der Waals surface area (Å²) in [4.78, 5) is 26.3. The lowest BCUT2D eigenvalue weighted by molar-refractivity contribution is -0.130. The van der Waals surface area contributed by atoms with Crippen LogP contribution >= 0.6 is 23.1 Å². The molecule has 8 heteroatoms. The van der Waals surface area contributed by atoms with Crippen LogP contribution in [0.25, 0.3) is 0 Å². The van der Waals surface area contributed by atoms with Gasteiger partial charge in [0.05, 0.1) is 22.4 Å². The maximum atomic E-state index is 13.2. The quantitative estimate of drug-likeness (QED) is 0.660. The average molecular weight is 457 g/mol. The summed E-state index contributed by atoms with van der Waals surface area (Å²) in [5, 5.41) is 14.8. The number of hydrogen-bond acceptors (Lipinski definition) is 6. The van der Waals surface area contributed by atoms with Crippen molar-refractivity contribution in [3.63, 3.8) is 0 Å². The maximum absolute atomic E-state index is 13.2. The number of aryl methyl sites for hydroxylation is 1. The van der Waals surface area contributed by atoms with Gasteiger partial charge in [-0.1, -0.05) is 49.2 Å². The molecule has 1 aromatic heterocycles. The highest BCUT2D eigenvalue weighted by Crippen LogP contribution is 2.34. The van der Waals surface area contributed by atoms with Gasteiger partial charge in [0.2, 0.25) is 5.91 Å². The van der Waals surface area contributed by atoms with E-state index in [-0.39, 0.29) is 35.1 Å². The van der Waals surface area contributed by atoms with Crippen molar-refractivity contribution < 1.29 is 9.59 Å². The summed E-state index contributed by atoms with van der Waals surface area (Å²) in [6, 6.07) is 12.4. The monoisotopic (exact) mass is 456 g/mol. The van der Waals surface area contributed by atoms with Gasteiger partial charge in [-0.25, -0.2) is 5.01 Å². The fourth-order valence-electron chi connectivity index (χ4n) is 3.97. The molecule has 2 aliphatic rings. The Bertz CT molecular complexity index is 943. The minimum atomic E-state index is -0.247. The van der Waals surface area contributed by atoms with Crippen molar-refractivity contribution in [2.75, 3.05) is 5.75 Å². The Morgan fingerprint density at radius 2 is 2.06 bits per heavy atom. The van der Waals surface area contributed by atoms with Gasteiger partial charge in [0, 0.05) is 18.9 Å². The maximum Gasteiger partial charge on any atom is 0.253 e. The van der Waals surface area contributed by atoms with Crippen LogP contribution in [-0.2, 0) is 9.59 Å². The first kappa shape index (κ1) is 22.0. The molecule has 2 aromatic rings. The van der Waals surface area contributed by atoms with E-state index >= 15 is 0 Å². The van der Waals surface area contributed by atoms with Gasteiger partial charge >= 0.3 is 0 Å². The number of amides is 2. The minimum absolute atomic E-state index is 0.0406. The van der Waals surface area contributed by atoms with Crippen molar-refractivity contribution >= 4 is 40.6 Å². The molecule has 31 heavy (non-hydrogen) atoms. The van der Waals surface area contributed by atoms with Crippen molar-refractivity contribution in [2.45, 2.75) is 57.1 Å². The molecule has 1 aromatic carbocycles. The molecule has 2 amide bonds. The summed E-state index contributed by atoms with van der Waals surface area (Å²) in [5.74, 6) is 0.245. The third-order valence-corrected chi connectivity index (χ3v) is 7.47. The Labute approximate surface area is 191 Å². The molecule has 0 aliphatic carbocycles. The molecule has 6 nitrogen and oxygen atoms in total. The van der Waals surface area contributed by atoms with Crippen LogP contribution in [0.3, 0.4) is 0 Å². The molecule has 0 spiro atoms. The van der Waals surface area contributed by atoms with Crippen LogP contribution in [-0.4, -0.2) is 39.8 Å². The van der Waals surface area contributed by atoms with Crippen molar-refractivity contribution in [3.8, 4) is 0 Å². The number of hydrazone groups is 1. The van der Waals surface area contributed by atoms with Crippen LogP contribution in [0.15, 0.2) is 46.9 Å². The molecule has 1 fully saturated rings. The molecular weight excluding hydrogens is 428 g/mol. The molecule has 3 heterocycles. The van der Waals surface area contributed by atoms with Crippen molar-refractivity contribution in [1.29, 1.82) is 0 Å². The highest BCUT2D eigenvalue weighted by molar-refractivity contribution is 8.00. The standard InChI is InChI=1S/C23H28N4O2S2/c1-3-5-17-12-21(28)25-23(24-17)31-14-22(29)27-19(16-9-7-15(2)8-10-16)13-18(26-27)20-6-4-11-30-20/h4,6-11,17,19,23-24H,3,5,12-14H2,1-2H3,(H,25,28). The second kappa shape index (κ2) is 9.97. The second-order valence-corrected chi connectivity index (χ2v) is 10.0. The van der Waals surface area contributed by atoms with Crippen LogP contribution in [0, 0.1) is 6.92 Å². The highest BCUT2D eigenvalue weighted by atomic mass is 32.2. The third kappa shape index (κ3) is 5.37. The Morgan fingerprint density at radius 1 is 1.26 bits per heavy atom. The van der Waals surface area contributed by atoms with E-state index in [4.69, 9.17) is 5.10 Å². The summed E-state index contributed by atoms with van der Waals surface area (Å²) in [7, 11) is 0. The van der Waals surface area contributed by atoms with Crippen LogP contribution in [0.1, 0.15) is 54.7 Å². The summed E-state index contributed by atoms with van der Waals surface area (Å²) in [5.41, 5.74) is 2.98. The molecular formula is C23H28N4O2S2. The fourth-order valence-corrected chi connectivity index (χ4v) is 5.63. The number of thioether (sulfide) groups is 1. The molecule has 164 valence electrons.